The van der Waals surface area contributed by atoms with Crippen LogP contribution in [-0.2, 0) is 4.79 Å². The maximum Gasteiger partial charge on any atom is 0.270 e. The number of nitro benzene ring substituents is 1. The summed E-state index contributed by atoms with van der Waals surface area (Å²) in [7, 11) is 0. The molecule has 1 aliphatic heterocycles. The van der Waals surface area contributed by atoms with Gasteiger partial charge in [0.2, 0.25) is 5.91 Å². The maximum atomic E-state index is 11.8. The summed E-state index contributed by atoms with van der Waals surface area (Å²) in [6, 6.07) is 4.50. The minimum Gasteiger partial charge on any atom is -0.287 e. The molecule has 2 aromatic rings. The van der Waals surface area contributed by atoms with Gasteiger partial charge in [-0.3, -0.25) is 19.8 Å². The molecule has 1 atom stereocenters. The van der Waals surface area contributed by atoms with Gasteiger partial charge in [-0.1, -0.05) is 11.3 Å². The third-order valence-corrected chi connectivity index (χ3v) is 4.29. The summed E-state index contributed by atoms with van der Waals surface area (Å²) in [6.45, 7) is 0.532. The molecular formula is C11H9N3O3S2. The predicted octanol–water partition coefficient (Wildman–Crippen LogP) is 2.24. The molecule has 0 saturated carbocycles. The van der Waals surface area contributed by atoms with Crippen molar-refractivity contribution in [2.75, 3.05) is 11.4 Å². The molecule has 19 heavy (non-hydrogen) atoms. The van der Waals surface area contributed by atoms with Crippen molar-refractivity contribution in [3.8, 4) is 0 Å². The lowest BCUT2D eigenvalue weighted by molar-refractivity contribution is -0.384. The number of fused-ring (bicyclic) bond motifs is 1. The van der Waals surface area contributed by atoms with E-state index in [1.807, 2.05) is 0 Å². The average molecular weight is 295 g/mol. The standard InChI is InChI=1S/C11H9N3O3S2/c15-10-4-7(18)5-13(10)11-12-8-2-1-6(14(16)17)3-9(8)19-11/h1-3,7,18H,4-5H2. The van der Waals surface area contributed by atoms with Crippen LogP contribution in [0.4, 0.5) is 10.8 Å². The minimum atomic E-state index is -0.441. The Morgan fingerprint density at radius 2 is 2.32 bits per heavy atom. The number of nitro groups is 1. The molecule has 8 heteroatoms. The molecule has 1 aromatic carbocycles. The normalized spacial score (nSPS) is 19.3. The van der Waals surface area contributed by atoms with E-state index in [0.717, 1.165) is 0 Å². The zero-order chi connectivity index (χ0) is 13.6. The highest BCUT2D eigenvalue weighted by Crippen LogP contribution is 2.33. The molecule has 1 aromatic heterocycles. The van der Waals surface area contributed by atoms with E-state index in [-0.39, 0.29) is 16.8 Å². The molecule has 2 heterocycles. The first-order valence-corrected chi connectivity index (χ1v) is 6.91. The van der Waals surface area contributed by atoms with Gasteiger partial charge in [-0.2, -0.15) is 12.6 Å². The number of hydrogen-bond acceptors (Lipinski definition) is 6. The summed E-state index contributed by atoms with van der Waals surface area (Å²) in [6.07, 6.45) is 0.402. The molecule has 0 spiro atoms. The van der Waals surface area contributed by atoms with Crippen LogP contribution in [0.2, 0.25) is 0 Å². The van der Waals surface area contributed by atoms with Gasteiger partial charge in [0.05, 0.1) is 15.1 Å². The molecule has 1 unspecified atom stereocenters. The van der Waals surface area contributed by atoms with Gasteiger partial charge < -0.3 is 0 Å². The Morgan fingerprint density at radius 1 is 1.53 bits per heavy atom. The van der Waals surface area contributed by atoms with Crippen LogP contribution in [0.15, 0.2) is 18.2 Å². The molecule has 0 N–H and O–H groups in total. The third kappa shape index (κ3) is 2.17. The molecular weight excluding hydrogens is 286 g/mol. The number of nitrogens with zero attached hydrogens (tertiary/aromatic N) is 3. The first kappa shape index (κ1) is 12.4. The Bertz CT molecular complexity index is 685. The summed E-state index contributed by atoms with van der Waals surface area (Å²) >= 11 is 5.58. The van der Waals surface area contributed by atoms with Crippen LogP contribution in [0.3, 0.4) is 0 Å². The van der Waals surface area contributed by atoms with E-state index in [1.165, 1.54) is 23.5 Å². The molecule has 0 aliphatic carbocycles. The second-order valence-electron chi connectivity index (χ2n) is 4.27. The topological polar surface area (TPSA) is 76.3 Å². The number of carbonyl (C=O) groups is 1. The number of thiol groups is 1. The molecule has 6 nitrogen and oxygen atoms in total. The first-order valence-electron chi connectivity index (χ1n) is 5.58. The number of carbonyl (C=O) groups excluding carboxylic acids is 1. The zero-order valence-electron chi connectivity index (χ0n) is 9.65. The lowest BCUT2D eigenvalue weighted by atomic mass is 10.3. The van der Waals surface area contributed by atoms with Crippen LogP contribution in [0, 0.1) is 10.1 Å². The van der Waals surface area contributed by atoms with Crippen molar-refractivity contribution < 1.29 is 9.72 Å². The van der Waals surface area contributed by atoms with Crippen molar-refractivity contribution in [2.45, 2.75) is 11.7 Å². The number of amides is 1. The zero-order valence-corrected chi connectivity index (χ0v) is 11.4. The minimum absolute atomic E-state index is 0.00597. The van der Waals surface area contributed by atoms with Crippen LogP contribution in [0.25, 0.3) is 10.2 Å². The highest BCUT2D eigenvalue weighted by Gasteiger charge is 2.30. The van der Waals surface area contributed by atoms with Gasteiger partial charge in [0.1, 0.15) is 0 Å². The van der Waals surface area contributed by atoms with Gasteiger partial charge in [-0.05, 0) is 6.07 Å². The molecule has 1 fully saturated rings. The first-order chi connectivity index (χ1) is 9.04. The van der Waals surface area contributed by atoms with Crippen molar-refractivity contribution in [1.82, 2.24) is 4.98 Å². The van der Waals surface area contributed by atoms with Crippen molar-refractivity contribution in [1.29, 1.82) is 0 Å². The van der Waals surface area contributed by atoms with Gasteiger partial charge in [0, 0.05) is 30.3 Å². The Hall–Kier alpha value is -1.67. The fourth-order valence-electron chi connectivity index (χ4n) is 2.00. The maximum absolute atomic E-state index is 11.8. The van der Waals surface area contributed by atoms with E-state index in [9.17, 15) is 14.9 Å². The number of non-ortho nitro benzene ring substituents is 1. The van der Waals surface area contributed by atoms with Crippen LogP contribution < -0.4 is 4.90 Å². The van der Waals surface area contributed by atoms with E-state index in [2.05, 4.69) is 17.6 Å². The van der Waals surface area contributed by atoms with Crippen molar-refractivity contribution >= 4 is 50.9 Å². The predicted molar refractivity (Wildman–Crippen MR) is 76.0 cm³/mol. The van der Waals surface area contributed by atoms with Crippen molar-refractivity contribution in [2.24, 2.45) is 0 Å². The van der Waals surface area contributed by atoms with E-state index >= 15 is 0 Å². The van der Waals surface area contributed by atoms with E-state index in [1.54, 1.807) is 11.0 Å². The van der Waals surface area contributed by atoms with E-state index < -0.39 is 4.92 Å². The molecule has 1 aliphatic rings. The molecule has 3 rings (SSSR count). The number of anilines is 1. The number of thiazole rings is 1. The summed E-state index contributed by atoms with van der Waals surface area (Å²) < 4.78 is 0.708. The van der Waals surface area contributed by atoms with Gasteiger partial charge in [0.25, 0.3) is 5.69 Å². The summed E-state index contributed by atoms with van der Waals surface area (Å²) in [5, 5.41) is 11.3. The summed E-state index contributed by atoms with van der Waals surface area (Å²) in [5.74, 6) is -0.00597. The van der Waals surface area contributed by atoms with Gasteiger partial charge in [-0.25, -0.2) is 4.98 Å². The van der Waals surface area contributed by atoms with E-state index in [0.29, 0.717) is 28.3 Å². The van der Waals surface area contributed by atoms with E-state index in [4.69, 9.17) is 0 Å². The van der Waals surface area contributed by atoms with Crippen molar-refractivity contribution in [3.63, 3.8) is 0 Å². The SMILES string of the molecule is O=C1CC(S)CN1c1nc2ccc([N+](=O)[O-])cc2s1. The Labute approximate surface area is 117 Å². The molecule has 0 radical (unpaired) electrons. The Kier molecular flexibility index (Phi) is 2.90. The molecule has 1 amide bonds. The third-order valence-electron chi connectivity index (χ3n) is 2.91. The monoisotopic (exact) mass is 295 g/mol. The van der Waals surface area contributed by atoms with Crippen LogP contribution in [-0.4, -0.2) is 27.6 Å². The lowest BCUT2D eigenvalue weighted by Gasteiger charge is -2.10. The van der Waals surface area contributed by atoms with Crippen LogP contribution >= 0.6 is 24.0 Å². The van der Waals surface area contributed by atoms with Crippen molar-refractivity contribution in [3.05, 3.63) is 28.3 Å². The second-order valence-corrected chi connectivity index (χ2v) is 6.01. The summed E-state index contributed by atoms with van der Waals surface area (Å²) in [4.78, 5) is 28.0. The highest BCUT2D eigenvalue weighted by molar-refractivity contribution is 7.81. The molecule has 98 valence electrons. The Balaban J connectivity index is 2.02. The van der Waals surface area contributed by atoms with Crippen LogP contribution in [0.1, 0.15) is 6.42 Å². The quantitative estimate of drug-likeness (QED) is 0.523. The van der Waals surface area contributed by atoms with Gasteiger partial charge in [-0.15, -0.1) is 0 Å². The summed E-state index contributed by atoms with van der Waals surface area (Å²) in [5.41, 5.74) is 0.698. The van der Waals surface area contributed by atoms with Gasteiger partial charge in [0.15, 0.2) is 5.13 Å². The highest BCUT2D eigenvalue weighted by atomic mass is 32.1. The van der Waals surface area contributed by atoms with Crippen LogP contribution in [0.5, 0.6) is 0 Å². The molecule has 0 bridgehead atoms. The van der Waals surface area contributed by atoms with Gasteiger partial charge >= 0.3 is 0 Å². The second kappa shape index (κ2) is 4.46. The number of aromatic nitrogens is 1. The fourth-order valence-corrected chi connectivity index (χ4v) is 3.35. The largest absolute Gasteiger partial charge is 0.287 e. The number of rotatable bonds is 2. The average Bonchev–Trinajstić information content (AvgIpc) is 2.90. The fraction of sp³-hybridized carbons (Fsp3) is 0.273. The number of hydrogen-bond donors (Lipinski definition) is 1. The lowest BCUT2D eigenvalue weighted by Crippen LogP contribution is -2.24. The number of benzene rings is 1. The molecule has 1 saturated heterocycles. The Morgan fingerprint density at radius 3 is 2.95 bits per heavy atom. The smallest absolute Gasteiger partial charge is 0.270 e.